The van der Waals surface area contributed by atoms with Gasteiger partial charge in [-0.2, -0.15) is 0 Å². The third-order valence-corrected chi connectivity index (χ3v) is 3.33. The van der Waals surface area contributed by atoms with E-state index in [1.807, 2.05) is 13.8 Å². The average Bonchev–Trinajstić information content (AvgIpc) is 2.03. The maximum Gasteiger partial charge on any atom is 0.910 e. The van der Waals surface area contributed by atoms with E-state index < -0.39 is 21.4 Å². The van der Waals surface area contributed by atoms with Crippen LogP contribution in [-0.4, -0.2) is 27.7 Å². The molecule has 0 aromatic carbocycles. The Kier molecular flexibility index (Phi) is 4.84. The van der Waals surface area contributed by atoms with Crippen LogP contribution in [0.15, 0.2) is 0 Å². The van der Waals surface area contributed by atoms with Crippen LogP contribution < -0.4 is 0 Å². The second-order valence-electron chi connectivity index (χ2n) is 2.46. The van der Waals surface area contributed by atoms with Gasteiger partial charge in [0.05, 0.1) is 11.9 Å². The minimum Gasteiger partial charge on any atom is -0.432 e. The molecule has 1 unspecified atom stereocenters. The lowest BCUT2D eigenvalue weighted by Gasteiger charge is -2.33. The van der Waals surface area contributed by atoms with Crippen LogP contribution in [0.3, 0.4) is 0 Å². The molecule has 0 radical (unpaired) electrons. The molecule has 4 nitrogen and oxygen atoms in total. The molecule has 1 heterocycles. The van der Waals surface area contributed by atoms with E-state index in [-0.39, 0.29) is 6.29 Å². The van der Waals surface area contributed by atoms with Crippen molar-refractivity contribution in [2.45, 2.75) is 39.3 Å². The van der Waals surface area contributed by atoms with Crippen molar-refractivity contribution in [3.05, 3.63) is 0 Å². The Labute approximate surface area is 82.2 Å². The van der Waals surface area contributed by atoms with E-state index in [0.29, 0.717) is 6.42 Å². The van der Waals surface area contributed by atoms with E-state index in [2.05, 4.69) is 4.29 Å². The zero-order valence-corrected chi connectivity index (χ0v) is 9.07. The number of hydrogen-bond acceptors (Lipinski definition) is 4. The Morgan fingerprint density at radius 2 is 2.17 bits per heavy atom. The van der Waals surface area contributed by atoms with E-state index in [0.717, 1.165) is 6.42 Å². The van der Waals surface area contributed by atoms with Crippen molar-refractivity contribution in [2.75, 3.05) is 0 Å². The van der Waals surface area contributed by atoms with Gasteiger partial charge in [-0.1, -0.05) is 13.8 Å². The molecule has 0 aromatic rings. The first kappa shape index (κ1) is 10.7. The second-order valence-corrected chi connectivity index (χ2v) is 4.03. The molecule has 1 rings (SSSR count). The quantitative estimate of drug-likeness (QED) is 0.511. The van der Waals surface area contributed by atoms with Crippen molar-refractivity contribution in [1.29, 1.82) is 0 Å². The van der Waals surface area contributed by atoms with E-state index in [9.17, 15) is 0 Å². The minimum atomic E-state index is -1.88. The van der Waals surface area contributed by atoms with Crippen molar-refractivity contribution >= 4 is 27.0 Å². The van der Waals surface area contributed by atoms with Gasteiger partial charge in [0.25, 0.3) is 0 Å². The molecule has 0 saturated carbocycles. The monoisotopic (exact) mass is 210 g/mol. The lowest BCUT2D eigenvalue weighted by Crippen LogP contribution is -2.48. The van der Waals surface area contributed by atoms with E-state index >= 15 is 0 Å². The topological polar surface area (TPSA) is 36.9 Å². The number of hydrogen-bond donors (Lipinski definition) is 0. The zero-order valence-electron chi connectivity index (χ0n) is 7.16. The molecule has 6 heteroatoms. The minimum absolute atomic E-state index is 0.0745. The Morgan fingerprint density at radius 3 is 2.58 bits per heavy atom. The molecule has 1 fully saturated rings. The van der Waals surface area contributed by atoms with Crippen LogP contribution in [0.4, 0.5) is 0 Å². The summed E-state index contributed by atoms with van der Waals surface area (Å²) >= 11 is 3.27. The first-order valence-electron chi connectivity index (χ1n) is 4.03. The third-order valence-electron chi connectivity index (χ3n) is 1.55. The zero-order chi connectivity index (χ0) is 8.97. The molecule has 70 valence electrons. The van der Waals surface area contributed by atoms with Crippen molar-refractivity contribution < 1.29 is 15.7 Å². The summed E-state index contributed by atoms with van der Waals surface area (Å²) in [6.07, 6.45) is 1.07. The second kappa shape index (κ2) is 5.40. The van der Waals surface area contributed by atoms with Crippen LogP contribution in [0.5, 0.6) is 0 Å². The SMILES string of the molecule is CCC(OCl)[O][Al]1[O]C(CC)[O]1. The lowest BCUT2D eigenvalue weighted by atomic mass is 10.5. The normalized spacial score (nSPS) is 20.8. The highest BCUT2D eigenvalue weighted by Crippen LogP contribution is 2.19. The molecular weight excluding hydrogens is 198 g/mol. The summed E-state index contributed by atoms with van der Waals surface area (Å²) in [7, 11) is 0. The maximum atomic E-state index is 5.28. The van der Waals surface area contributed by atoms with E-state index in [4.69, 9.17) is 23.2 Å². The lowest BCUT2D eigenvalue weighted by molar-refractivity contribution is -0.180. The maximum absolute atomic E-state index is 5.28. The van der Waals surface area contributed by atoms with Crippen LogP contribution in [0.25, 0.3) is 0 Å². The largest absolute Gasteiger partial charge is 0.910 e. The molecule has 1 saturated heterocycles. The molecule has 0 bridgehead atoms. The van der Waals surface area contributed by atoms with Gasteiger partial charge in [-0.05, 0) is 12.8 Å². The van der Waals surface area contributed by atoms with Gasteiger partial charge in [0.2, 0.25) is 0 Å². The first-order chi connectivity index (χ1) is 5.80. The van der Waals surface area contributed by atoms with Crippen molar-refractivity contribution in [1.82, 2.24) is 0 Å². The Hall–Kier alpha value is 0.662. The smallest absolute Gasteiger partial charge is 0.432 e. The van der Waals surface area contributed by atoms with Gasteiger partial charge >= 0.3 is 15.1 Å². The Morgan fingerprint density at radius 1 is 1.50 bits per heavy atom. The average molecular weight is 211 g/mol. The van der Waals surface area contributed by atoms with E-state index in [1.54, 1.807) is 0 Å². The van der Waals surface area contributed by atoms with E-state index in [1.165, 1.54) is 0 Å². The molecule has 0 spiro atoms. The molecular formula is C6H12AlClO4. The molecule has 0 aliphatic carbocycles. The van der Waals surface area contributed by atoms with Gasteiger partial charge in [0.1, 0.15) is 6.29 Å². The summed E-state index contributed by atoms with van der Waals surface area (Å²) in [5, 5.41) is 0. The van der Waals surface area contributed by atoms with Crippen LogP contribution in [-0.2, 0) is 15.7 Å². The molecule has 12 heavy (non-hydrogen) atoms. The summed E-state index contributed by atoms with van der Waals surface area (Å²) in [5.41, 5.74) is 0. The van der Waals surface area contributed by atoms with Gasteiger partial charge in [0, 0.05) is 0 Å². The number of rotatable bonds is 5. The van der Waals surface area contributed by atoms with Gasteiger partial charge in [-0.25, -0.2) is 4.29 Å². The van der Waals surface area contributed by atoms with Crippen LogP contribution in [0.1, 0.15) is 26.7 Å². The molecule has 1 atom stereocenters. The van der Waals surface area contributed by atoms with Gasteiger partial charge < -0.3 is 11.4 Å². The molecule has 1 aliphatic rings. The van der Waals surface area contributed by atoms with Crippen molar-refractivity contribution in [3.63, 3.8) is 0 Å². The van der Waals surface area contributed by atoms with Crippen LogP contribution in [0, 0.1) is 0 Å². The van der Waals surface area contributed by atoms with Gasteiger partial charge in [-0.3, -0.25) is 0 Å². The molecule has 1 aliphatic heterocycles. The number of halogens is 1. The third kappa shape index (κ3) is 2.86. The summed E-state index contributed by atoms with van der Waals surface area (Å²) in [5.74, 6) is 0. The molecule has 0 N–H and O–H groups in total. The Balaban J connectivity index is 2.09. The first-order valence-corrected chi connectivity index (χ1v) is 5.76. The fourth-order valence-electron chi connectivity index (χ4n) is 0.819. The van der Waals surface area contributed by atoms with Gasteiger partial charge in [-0.15, -0.1) is 0 Å². The highest BCUT2D eigenvalue weighted by Gasteiger charge is 2.47. The Bertz CT molecular complexity index is 127. The highest BCUT2D eigenvalue weighted by atomic mass is 35.5. The fraction of sp³-hybridized carbons (Fsp3) is 1.00. The molecule has 0 amide bonds. The summed E-state index contributed by atoms with van der Waals surface area (Å²) in [4.78, 5) is 0. The molecule has 0 aromatic heterocycles. The predicted molar refractivity (Wildman–Crippen MR) is 44.1 cm³/mol. The predicted octanol–water partition coefficient (Wildman–Crippen LogP) is 1.68. The van der Waals surface area contributed by atoms with Crippen molar-refractivity contribution in [3.8, 4) is 0 Å². The summed E-state index contributed by atoms with van der Waals surface area (Å²) in [6.45, 7) is 3.90. The van der Waals surface area contributed by atoms with Crippen LogP contribution >= 0.6 is 11.9 Å². The fourth-order valence-corrected chi connectivity index (χ4v) is 2.58. The van der Waals surface area contributed by atoms with Gasteiger partial charge in [0.15, 0.2) is 6.29 Å². The standard InChI is InChI=1S/C3H6ClO2.C3H6O2.Al/c1-2-3(5)6-4;1-2-3(4)5;/h3H,2H2,1H3;3H,2H2,1H3;/q-1;-2;+3. The summed E-state index contributed by atoms with van der Waals surface area (Å²) in [6, 6.07) is 0. The summed E-state index contributed by atoms with van der Waals surface area (Å²) < 4.78 is 20.3. The highest BCUT2D eigenvalue weighted by molar-refractivity contribution is 6.38. The van der Waals surface area contributed by atoms with Crippen molar-refractivity contribution in [2.24, 2.45) is 0 Å². The van der Waals surface area contributed by atoms with Crippen LogP contribution in [0.2, 0.25) is 0 Å².